The zero-order valence-corrected chi connectivity index (χ0v) is 13.4. The van der Waals surface area contributed by atoms with Crippen LogP contribution >= 0.6 is 0 Å². The lowest BCUT2D eigenvalue weighted by Crippen LogP contribution is -3.61. The largest absolute Gasteiger partial charge is 0.460 e. The highest BCUT2D eigenvalue weighted by Crippen LogP contribution is 2.01. The molecule has 0 bridgehead atoms. The zero-order valence-electron chi connectivity index (χ0n) is 11.2. The molecule has 0 atom stereocenters. The third kappa shape index (κ3) is 4.31. The van der Waals surface area contributed by atoms with E-state index in [1.54, 1.807) is 7.11 Å². The Hall–Kier alpha value is -1.40. The molecule has 0 amide bonds. The lowest BCUT2D eigenvalue weighted by Gasteiger charge is -2.03. The van der Waals surface area contributed by atoms with E-state index in [2.05, 4.69) is 12.1 Å². The first kappa shape index (κ1) is 15.0. The molecule has 2 aromatic carbocycles. The van der Waals surface area contributed by atoms with Crippen molar-refractivity contribution >= 4 is 5.97 Å². The summed E-state index contributed by atoms with van der Waals surface area (Å²) in [6.45, 7) is 0.703. The standard InChI is InChI=1S/C16H16IO3/c1-19-11-12-20-16(18)14-9-5-6-10-15(14)17-13-7-3-2-4-8-13/h2-10H,11-12H2,1H3/q+1. The Balaban J connectivity index is 2.11. The van der Waals surface area contributed by atoms with Gasteiger partial charge in [0, 0.05) is 7.11 Å². The fourth-order valence-corrected chi connectivity index (χ4v) is 4.12. The number of methoxy groups -OCH3 is 1. The van der Waals surface area contributed by atoms with Gasteiger partial charge in [-0.05, 0) is 24.3 Å². The van der Waals surface area contributed by atoms with Crippen LogP contribution in [-0.4, -0.2) is 26.3 Å². The van der Waals surface area contributed by atoms with Crippen LogP contribution in [0.4, 0.5) is 0 Å². The molecule has 4 heteroatoms. The summed E-state index contributed by atoms with van der Waals surface area (Å²) in [5.41, 5.74) is 0.667. The minimum absolute atomic E-state index is 0.270. The SMILES string of the molecule is COCCOC(=O)c1ccccc1[I+]c1ccccc1. The molecule has 0 aromatic heterocycles. The Morgan fingerprint density at radius 2 is 1.70 bits per heavy atom. The van der Waals surface area contributed by atoms with Gasteiger partial charge in [0.15, 0.2) is 3.57 Å². The number of ether oxygens (including phenoxy) is 2. The number of esters is 1. The predicted octanol–water partition coefficient (Wildman–Crippen LogP) is -0.382. The van der Waals surface area contributed by atoms with Gasteiger partial charge >= 0.3 is 27.2 Å². The maximum Gasteiger partial charge on any atom is 0.358 e. The van der Waals surface area contributed by atoms with Gasteiger partial charge < -0.3 is 9.47 Å². The van der Waals surface area contributed by atoms with Crippen LogP contribution in [0.1, 0.15) is 10.4 Å². The number of halogens is 1. The van der Waals surface area contributed by atoms with Crippen molar-refractivity contribution in [1.29, 1.82) is 0 Å². The summed E-state index contributed by atoms with van der Waals surface area (Å²) in [6, 6.07) is 17.9. The highest BCUT2D eigenvalue weighted by molar-refractivity contribution is 5.89. The topological polar surface area (TPSA) is 35.5 Å². The van der Waals surface area contributed by atoms with Gasteiger partial charge in [-0.15, -0.1) is 0 Å². The van der Waals surface area contributed by atoms with Gasteiger partial charge in [0.1, 0.15) is 12.2 Å². The van der Waals surface area contributed by atoms with Crippen LogP contribution < -0.4 is 21.2 Å². The molecule has 104 valence electrons. The van der Waals surface area contributed by atoms with Crippen molar-refractivity contribution < 1.29 is 35.5 Å². The fourth-order valence-electron chi connectivity index (χ4n) is 1.60. The van der Waals surface area contributed by atoms with Gasteiger partial charge in [0.25, 0.3) is 0 Å². The molecular formula is C16H16IO3+. The van der Waals surface area contributed by atoms with E-state index >= 15 is 0 Å². The molecule has 0 aliphatic carbocycles. The highest BCUT2D eigenvalue weighted by atomic mass is 127. The van der Waals surface area contributed by atoms with Gasteiger partial charge in [-0.1, -0.05) is 30.3 Å². The number of benzene rings is 2. The Kier molecular flexibility index (Phi) is 6.01. The van der Waals surface area contributed by atoms with E-state index in [4.69, 9.17) is 9.47 Å². The Bertz CT molecular complexity index is 555. The summed E-state index contributed by atoms with van der Waals surface area (Å²) in [7, 11) is 1.59. The number of carbonyl (C=O) groups excluding carboxylic acids is 1. The lowest BCUT2D eigenvalue weighted by molar-refractivity contribution is -0.597. The first-order chi connectivity index (χ1) is 9.81. The summed E-state index contributed by atoms with van der Waals surface area (Å²) in [5, 5.41) is 0. The molecule has 0 N–H and O–H groups in total. The molecule has 20 heavy (non-hydrogen) atoms. The second-order valence-electron chi connectivity index (χ2n) is 4.00. The average molecular weight is 383 g/mol. The third-order valence-electron chi connectivity index (χ3n) is 2.56. The van der Waals surface area contributed by atoms with Gasteiger partial charge in [0.2, 0.25) is 3.57 Å². The lowest BCUT2D eigenvalue weighted by atomic mass is 10.2. The van der Waals surface area contributed by atoms with Crippen LogP contribution in [0.5, 0.6) is 0 Å². The van der Waals surface area contributed by atoms with Gasteiger partial charge in [-0.25, -0.2) is 4.79 Å². The molecular weight excluding hydrogens is 367 g/mol. The normalized spacial score (nSPS) is 10.2. The average Bonchev–Trinajstić information content (AvgIpc) is 2.49. The minimum Gasteiger partial charge on any atom is -0.460 e. The number of hydrogen-bond acceptors (Lipinski definition) is 3. The molecule has 2 rings (SSSR count). The van der Waals surface area contributed by atoms with Crippen LogP contribution in [0, 0.1) is 7.14 Å². The Morgan fingerprint density at radius 3 is 2.45 bits per heavy atom. The van der Waals surface area contributed by atoms with E-state index in [9.17, 15) is 4.79 Å². The summed E-state index contributed by atoms with van der Waals surface area (Å²) in [5.74, 6) is -0.270. The third-order valence-corrected chi connectivity index (χ3v) is 5.42. The first-order valence-corrected chi connectivity index (χ1v) is 8.42. The predicted molar refractivity (Wildman–Crippen MR) is 72.4 cm³/mol. The minimum atomic E-state index is -0.378. The second-order valence-corrected chi connectivity index (χ2v) is 6.95. The molecule has 0 fully saturated rings. The van der Waals surface area contributed by atoms with Crippen LogP contribution in [0.3, 0.4) is 0 Å². The Labute approximate surface area is 129 Å². The summed E-state index contributed by atoms with van der Waals surface area (Å²) < 4.78 is 12.4. The van der Waals surface area contributed by atoms with Crippen molar-refractivity contribution in [2.24, 2.45) is 0 Å². The molecule has 0 radical (unpaired) electrons. The molecule has 0 saturated carbocycles. The van der Waals surface area contributed by atoms with E-state index < -0.39 is 0 Å². The van der Waals surface area contributed by atoms with E-state index in [0.29, 0.717) is 12.2 Å². The Morgan fingerprint density at radius 1 is 1.00 bits per heavy atom. The van der Waals surface area contributed by atoms with Crippen LogP contribution in [0.15, 0.2) is 54.6 Å². The maximum absolute atomic E-state index is 12.1. The van der Waals surface area contributed by atoms with Gasteiger partial charge in [-0.3, -0.25) is 0 Å². The van der Waals surface area contributed by atoms with E-state index in [1.807, 2.05) is 42.5 Å². The molecule has 2 aromatic rings. The van der Waals surface area contributed by atoms with Crippen molar-refractivity contribution in [1.82, 2.24) is 0 Å². The summed E-state index contributed by atoms with van der Waals surface area (Å²) in [6.07, 6.45) is 0. The van der Waals surface area contributed by atoms with E-state index in [1.165, 1.54) is 3.57 Å². The first-order valence-electron chi connectivity index (χ1n) is 6.26. The summed E-state index contributed by atoms with van der Waals surface area (Å²) in [4.78, 5) is 12.1. The molecule has 3 nitrogen and oxygen atoms in total. The van der Waals surface area contributed by atoms with Gasteiger partial charge in [0.05, 0.1) is 6.61 Å². The number of rotatable bonds is 6. The molecule has 0 spiro atoms. The van der Waals surface area contributed by atoms with Crippen LogP contribution in [0.2, 0.25) is 0 Å². The van der Waals surface area contributed by atoms with Crippen LogP contribution in [-0.2, 0) is 9.47 Å². The molecule has 0 heterocycles. The fraction of sp³-hybridized carbons (Fsp3) is 0.188. The summed E-state index contributed by atoms with van der Waals surface area (Å²) >= 11 is -0.378. The van der Waals surface area contributed by atoms with Crippen molar-refractivity contribution in [3.8, 4) is 0 Å². The second kappa shape index (κ2) is 8.01. The van der Waals surface area contributed by atoms with E-state index in [-0.39, 0.29) is 33.8 Å². The van der Waals surface area contributed by atoms with Gasteiger partial charge in [-0.2, -0.15) is 0 Å². The van der Waals surface area contributed by atoms with Crippen molar-refractivity contribution in [2.45, 2.75) is 0 Å². The maximum atomic E-state index is 12.1. The molecule has 0 unspecified atom stereocenters. The monoisotopic (exact) mass is 383 g/mol. The van der Waals surface area contributed by atoms with Crippen molar-refractivity contribution in [3.63, 3.8) is 0 Å². The zero-order chi connectivity index (χ0) is 14.2. The highest BCUT2D eigenvalue weighted by Gasteiger charge is 2.24. The van der Waals surface area contributed by atoms with Crippen LogP contribution in [0.25, 0.3) is 0 Å². The van der Waals surface area contributed by atoms with Crippen molar-refractivity contribution in [2.75, 3.05) is 20.3 Å². The molecule has 0 aliphatic heterocycles. The molecule has 0 aliphatic rings. The quantitative estimate of drug-likeness (QED) is 0.388. The van der Waals surface area contributed by atoms with Crippen molar-refractivity contribution in [3.05, 3.63) is 67.3 Å². The van der Waals surface area contributed by atoms with E-state index in [0.717, 1.165) is 3.57 Å². The molecule has 0 saturated heterocycles. The number of carbonyl (C=O) groups is 1. The number of hydrogen-bond donors (Lipinski definition) is 0. The smallest absolute Gasteiger partial charge is 0.358 e.